The SMILES string of the molecule is O=C(O)CN1CCN(S(=O)(=O)c2cc(Br)sc2Br)CC1. The highest BCUT2D eigenvalue weighted by molar-refractivity contribution is 9.12. The smallest absolute Gasteiger partial charge is 0.317 e. The Labute approximate surface area is 137 Å². The topological polar surface area (TPSA) is 77.9 Å². The zero-order valence-corrected chi connectivity index (χ0v) is 15.1. The van der Waals surface area contributed by atoms with Crippen LogP contribution in [0.15, 0.2) is 18.5 Å². The van der Waals surface area contributed by atoms with Crippen LogP contribution in [0.4, 0.5) is 0 Å². The normalized spacial score (nSPS) is 18.3. The number of sulfonamides is 1. The fraction of sp³-hybridized carbons (Fsp3) is 0.500. The van der Waals surface area contributed by atoms with Crippen molar-refractivity contribution in [3.63, 3.8) is 0 Å². The van der Waals surface area contributed by atoms with Crippen LogP contribution in [0.1, 0.15) is 0 Å². The molecule has 1 aromatic heterocycles. The Morgan fingerprint density at radius 3 is 2.35 bits per heavy atom. The van der Waals surface area contributed by atoms with Crippen molar-refractivity contribution in [3.8, 4) is 0 Å². The number of carboxylic acids is 1. The zero-order chi connectivity index (χ0) is 14.9. The lowest BCUT2D eigenvalue weighted by molar-refractivity contribution is -0.138. The average molecular weight is 448 g/mol. The molecule has 0 aliphatic carbocycles. The van der Waals surface area contributed by atoms with Gasteiger partial charge in [0.2, 0.25) is 10.0 Å². The van der Waals surface area contributed by atoms with Crippen LogP contribution >= 0.6 is 43.2 Å². The fourth-order valence-corrected chi connectivity index (χ4v) is 7.14. The molecule has 0 radical (unpaired) electrons. The average Bonchev–Trinajstić information content (AvgIpc) is 2.69. The standard InChI is InChI=1S/C10H12Br2N2O4S2/c11-8-5-7(10(12)19-8)20(17,18)14-3-1-13(2-4-14)6-9(15)16/h5H,1-4,6H2,(H,15,16). The van der Waals surface area contributed by atoms with E-state index in [4.69, 9.17) is 5.11 Å². The number of thiophene rings is 1. The van der Waals surface area contributed by atoms with E-state index in [0.29, 0.717) is 30.0 Å². The van der Waals surface area contributed by atoms with Crippen molar-refractivity contribution in [2.45, 2.75) is 4.90 Å². The first kappa shape index (κ1) is 16.4. The van der Waals surface area contributed by atoms with E-state index < -0.39 is 16.0 Å². The van der Waals surface area contributed by atoms with Gasteiger partial charge < -0.3 is 5.11 Å². The Hall–Kier alpha value is -0.000000000000000333. The monoisotopic (exact) mass is 446 g/mol. The largest absolute Gasteiger partial charge is 0.480 e. The number of carbonyl (C=O) groups is 1. The molecular weight excluding hydrogens is 436 g/mol. The van der Waals surface area contributed by atoms with Gasteiger partial charge in [-0.2, -0.15) is 4.31 Å². The summed E-state index contributed by atoms with van der Waals surface area (Å²) in [6, 6.07) is 1.58. The van der Waals surface area contributed by atoms with Gasteiger partial charge in [-0.3, -0.25) is 9.69 Å². The van der Waals surface area contributed by atoms with Gasteiger partial charge >= 0.3 is 5.97 Å². The summed E-state index contributed by atoms with van der Waals surface area (Å²) in [4.78, 5) is 12.6. The molecular formula is C10H12Br2N2O4S2. The summed E-state index contributed by atoms with van der Waals surface area (Å²) in [6.07, 6.45) is 0. The second-order valence-electron chi connectivity index (χ2n) is 4.26. The van der Waals surface area contributed by atoms with Crippen molar-refractivity contribution in [3.05, 3.63) is 13.6 Å². The number of halogens is 2. The molecule has 1 fully saturated rings. The van der Waals surface area contributed by atoms with Crippen LogP contribution in [-0.4, -0.2) is 61.4 Å². The molecule has 112 valence electrons. The van der Waals surface area contributed by atoms with E-state index in [2.05, 4.69) is 31.9 Å². The summed E-state index contributed by atoms with van der Waals surface area (Å²) < 4.78 is 27.7. The highest BCUT2D eigenvalue weighted by atomic mass is 79.9. The maximum atomic E-state index is 12.5. The summed E-state index contributed by atoms with van der Waals surface area (Å²) in [5.74, 6) is -0.897. The van der Waals surface area contributed by atoms with Crippen LogP contribution in [0.2, 0.25) is 0 Å². The molecule has 0 atom stereocenters. The van der Waals surface area contributed by atoms with Crippen LogP contribution in [-0.2, 0) is 14.8 Å². The first-order valence-electron chi connectivity index (χ1n) is 5.70. The van der Waals surface area contributed by atoms with Crippen molar-refractivity contribution in [1.29, 1.82) is 0 Å². The number of hydrogen-bond donors (Lipinski definition) is 1. The van der Waals surface area contributed by atoms with Gasteiger partial charge in [0.05, 0.1) is 14.1 Å². The van der Waals surface area contributed by atoms with Gasteiger partial charge in [0.1, 0.15) is 4.90 Å². The van der Waals surface area contributed by atoms with E-state index >= 15 is 0 Å². The lowest BCUT2D eigenvalue weighted by Crippen LogP contribution is -2.49. The number of rotatable bonds is 4. The fourth-order valence-electron chi connectivity index (χ4n) is 1.96. The Morgan fingerprint density at radius 2 is 1.90 bits per heavy atom. The van der Waals surface area contributed by atoms with E-state index in [0.717, 1.165) is 3.79 Å². The van der Waals surface area contributed by atoms with Gasteiger partial charge in [0.15, 0.2) is 0 Å². The van der Waals surface area contributed by atoms with Crippen LogP contribution < -0.4 is 0 Å². The molecule has 10 heteroatoms. The summed E-state index contributed by atoms with van der Waals surface area (Å²) in [6.45, 7) is 1.40. The van der Waals surface area contributed by atoms with Gasteiger partial charge in [0, 0.05) is 26.2 Å². The van der Waals surface area contributed by atoms with Gasteiger partial charge in [-0.1, -0.05) is 0 Å². The predicted molar refractivity (Wildman–Crippen MR) is 82.6 cm³/mol. The third-order valence-corrected chi connectivity index (χ3v) is 7.59. The summed E-state index contributed by atoms with van der Waals surface area (Å²) in [5.41, 5.74) is 0. The Morgan fingerprint density at radius 1 is 1.30 bits per heavy atom. The Bertz CT molecular complexity index is 609. The molecule has 0 unspecified atom stereocenters. The highest BCUT2D eigenvalue weighted by Gasteiger charge is 2.31. The second kappa shape index (κ2) is 6.41. The number of hydrogen-bond acceptors (Lipinski definition) is 5. The van der Waals surface area contributed by atoms with Gasteiger partial charge in [-0.05, 0) is 37.9 Å². The lowest BCUT2D eigenvalue weighted by atomic mass is 10.3. The number of piperazine rings is 1. The second-order valence-corrected chi connectivity index (χ2v) is 9.92. The molecule has 0 aromatic carbocycles. The molecule has 1 aliphatic rings. The van der Waals surface area contributed by atoms with E-state index in [9.17, 15) is 13.2 Å². The van der Waals surface area contributed by atoms with E-state index in [1.807, 2.05) is 0 Å². The van der Waals surface area contributed by atoms with Crippen LogP contribution in [0.5, 0.6) is 0 Å². The molecule has 0 bridgehead atoms. The van der Waals surface area contributed by atoms with Gasteiger partial charge in [-0.15, -0.1) is 11.3 Å². The summed E-state index contributed by atoms with van der Waals surface area (Å²) >= 11 is 7.84. The number of aliphatic carboxylic acids is 1. The first-order chi connectivity index (χ1) is 9.30. The van der Waals surface area contributed by atoms with Crippen LogP contribution in [0.3, 0.4) is 0 Å². The minimum Gasteiger partial charge on any atom is -0.480 e. The highest BCUT2D eigenvalue weighted by Crippen LogP contribution is 2.36. The summed E-state index contributed by atoms with van der Waals surface area (Å²) in [7, 11) is -3.53. The predicted octanol–water partition coefficient (Wildman–Crippen LogP) is 1.66. The van der Waals surface area contributed by atoms with Crippen molar-refractivity contribution in [2.75, 3.05) is 32.7 Å². The maximum Gasteiger partial charge on any atom is 0.317 e. The zero-order valence-electron chi connectivity index (χ0n) is 10.3. The third-order valence-electron chi connectivity index (χ3n) is 2.93. The quantitative estimate of drug-likeness (QED) is 0.759. The van der Waals surface area contributed by atoms with Gasteiger partial charge in [-0.25, -0.2) is 8.42 Å². The molecule has 0 saturated carbocycles. The lowest BCUT2D eigenvalue weighted by Gasteiger charge is -2.32. The van der Waals surface area contributed by atoms with Crippen molar-refractivity contribution in [1.82, 2.24) is 9.21 Å². The number of nitrogens with zero attached hydrogens (tertiary/aromatic N) is 2. The van der Waals surface area contributed by atoms with Crippen LogP contribution in [0, 0.1) is 0 Å². The first-order valence-corrected chi connectivity index (χ1v) is 9.54. The molecule has 1 aromatic rings. The molecule has 2 rings (SSSR count). The number of carboxylic acid groups (broad SMARTS) is 1. The molecule has 0 spiro atoms. The van der Waals surface area contributed by atoms with E-state index in [1.54, 1.807) is 11.0 Å². The van der Waals surface area contributed by atoms with Crippen molar-refractivity contribution < 1.29 is 18.3 Å². The van der Waals surface area contributed by atoms with Crippen LogP contribution in [0.25, 0.3) is 0 Å². The van der Waals surface area contributed by atoms with E-state index in [-0.39, 0.29) is 11.4 Å². The molecule has 1 aliphatic heterocycles. The summed E-state index contributed by atoms with van der Waals surface area (Å²) in [5, 5.41) is 8.73. The minimum atomic E-state index is -3.53. The Kier molecular flexibility index (Phi) is 5.24. The van der Waals surface area contributed by atoms with E-state index in [1.165, 1.54) is 15.6 Å². The molecule has 1 saturated heterocycles. The molecule has 0 amide bonds. The van der Waals surface area contributed by atoms with Gasteiger partial charge in [0.25, 0.3) is 0 Å². The van der Waals surface area contributed by atoms with Crippen molar-refractivity contribution in [2.24, 2.45) is 0 Å². The third kappa shape index (κ3) is 3.60. The molecule has 20 heavy (non-hydrogen) atoms. The maximum absolute atomic E-state index is 12.5. The minimum absolute atomic E-state index is 0.0540. The molecule has 2 heterocycles. The molecule has 6 nitrogen and oxygen atoms in total. The van der Waals surface area contributed by atoms with Crippen molar-refractivity contribution >= 4 is 59.2 Å². The Balaban J connectivity index is 2.10. The molecule has 1 N–H and O–H groups in total.